The van der Waals surface area contributed by atoms with Crippen molar-refractivity contribution in [3.8, 4) is 0 Å². The van der Waals surface area contributed by atoms with Crippen molar-refractivity contribution in [3.63, 3.8) is 0 Å². The van der Waals surface area contributed by atoms with Gasteiger partial charge < -0.3 is 5.73 Å². The Morgan fingerprint density at radius 3 is 2.75 bits per heavy atom. The molecule has 1 rings (SSSR count). The molecule has 2 heteroatoms. The number of rotatable bonds is 3. The second-order valence-electron chi connectivity index (χ2n) is 4.03. The van der Waals surface area contributed by atoms with E-state index in [4.69, 9.17) is 5.73 Å². The van der Waals surface area contributed by atoms with Gasteiger partial charge in [0.05, 0.1) is 0 Å². The summed E-state index contributed by atoms with van der Waals surface area (Å²) in [4.78, 5) is 0. The molecule has 1 saturated heterocycles. The second-order valence-corrected chi connectivity index (χ2v) is 5.14. The highest BCUT2D eigenvalue weighted by molar-refractivity contribution is 7.99. The quantitative estimate of drug-likeness (QED) is 0.734. The maximum Gasteiger partial charge on any atom is 0.000383 e. The highest BCUT2D eigenvalue weighted by Crippen LogP contribution is 2.41. The van der Waals surface area contributed by atoms with Crippen molar-refractivity contribution in [1.82, 2.24) is 0 Å². The summed E-state index contributed by atoms with van der Waals surface area (Å²) in [6, 6.07) is 0. The first-order valence-electron chi connectivity index (χ1n) is 5.03. The first-order chi connectivity index (χ1) is 5.75. The Bertz CT molecular complexity index is 130. The summed E-state index contributed by atoms with van der Waals surface area (Å²) >= 11 is 2.09. The van der Waals surface area contributed by atoms with Gasteiger partial charge in [-0.1, -0.05) is 20.3 Å². The molecule has 1 fully saturated rings. The van der Waals surface area contributed by atoms with E-state index in [-0.39, 0.29) is 0 Å². The molecule has 0 radical (unpaired) electrons. The van der Waals surface area contributed by atoms with E-state index in [1.807, 2.05) is 0 Å². The largest absolute Gasteiger partial charge is 0.330 e. The van der Waals surface area contributed by atoms with Gasteiger partial charge in [0.2, 0.25) is 0 Å². The van der Waals surface area contributed by atoms with E-state index in [1.54, 1.807) is 0 Å². The fourth-order valence-electron chi connectivity index (χ4n) is 2.06. The van der Waals surface area contributed by atoms with E-state index in [0.29, 0.717) is 5.41 Å². The van der Waals surface area contributed by atoms with Crippen molar-refractivity contribution in [1.29, 1.82) is 0 Å². The molecule has 1 heterocycles. The van der Waals surface area contributed by atoms with Gasteiger partial charge in [-0.25, -0.2) is 0 Å². The molecular weight excluding hydrogens is 166 g/mol. The molecule has 72 valence electrons. The topological polar surface area (TPSA) is 26.0 Å². The lowest BCUT2D eigenvalue weighted by molar-refractivity contribution is 0.189. The summed E-state index contributed by atoms with van der Waals surface area (Å²) < 4.78 is 0. The molecule has 0 aromatic carbocycles. The van der Waals surface area contributed by atoms with Crippen LogP contribution in [-0.2, 0) is 0 Å². The molecule has 0 spiro atoms. The number of hydrogen-bond acceptors (Lipinski definition) is 2. The minimum atomic E-state index is 0.470. The first-order valence-corrected chi connectivity index (χ1v) is 6.18. The molecule has 12 heavy (non-hydrogen) atoms. The van der Waals surface area contributed by atoms with E-state index in [0.717, 1.165) is 12.5 Å². The van der Waals surface area contributed by atoms with Gasteiger partial charge in [-0.3, -0.25) is 0 Å². The zero-order valence-electron chi connectivity index (χ0n) is 8.31. The maximum atomic E-state index is 5.90. The SMILES string of the molecule is CCC(C)C1(CN)CCCSC1. The third kappa shape index (κ3) is 1.97. The summed E-state index contributed by atoms with van der Waals surface area (Å²) in [5.41, 5.74) is 6.37. The van der Waals surface area contributed by atoms with Crippen molar-refractivity contribution >= 4 is 11.8 Å². The number of thioether (sulfide) groups is 1. The summed E-state index contributed by atoms with van der Waals surface area (Å²) in [6.07, 6.45) is 4.00. The molecule has 1 aliphatic heterocycles. The fourth-order valence-corrected chi connectivity index (χ4v) is 3.50. The monoisotopic (exact) mass is 187 g/mol. The molecule has 0 aromatic heterocycles. The van der Waals surface area contributed by atoms with Crippen LogP contribution in [0.4, 0.5) is 0 Å². The summed E-state index contributed by atoms with van der Waals surface area (Å²) in [5, 5.41) is 0. The van der Waals surface area contributed by atoms with Gasteiger partial charge in [0, 0.05) is 5.75 Å². The van der Waals surface area contributed by atoms with Gasteiger partial charge >= 0.3 is 0 Å². The molecule has 0 saturated carbocycles. The van der Waals surface area contributed by atoms with Crippen molar-refractivity contribution in [2.75, 3.05) is 18.1 Å². The zero-order chi connectivity index (χ0) is 9.03. The summed E-state index contributed by atoms with van der Waals surface area (Å²) in [7, 11) is 0. The molecule has 0 amide bonds. The van der Waals surface area contributed by atoms with Crippen molar-refractivity contribution < 1.29 is 0 Å². The maximum absolute atomic E-state index is 5.90. The average molecular weight is 187 g/mol. The Balaban J connectivity index is 2.59. The Hall–Kier alpha value is 0.310. The van der Waals surface area contributed by atoms with E-state index in [2.05, 4.69) is 25.6 Å². The molecule has 0 bridgehead atoms. The highest BCUT2D eigenvalue weighted by atomic mass is 32.2. The normalized spacial score (nSPS) is 33.2. The standard InChI is InChI=1S/C10H21NS/c1-3-9(2)10(7-11)5-4-6-12-8-10/h9H,3-8,11H2,1-2H3. The molecule has 1 aliphatic rings. The van der Waals surface area contributed by atoms with Gasteiger partial charge in [0.25, 0.3) is 0 Å². The van der Waals surface area contributed by atoms with Crippen LogP contribution in [0.15, 0.2) is 0 Å². The van der Waals surface area contributed by atoms with Crippen LogP contribution in [0.3, 0.4) is 0 Å². The van der Waals surface area contributed by atoms with E-state index >= 15 is 0 Å². The number of hydrogen-bond donors (Lipinski definition) is 1. The van der Waals surface area contributed by atoms with Crippen LogP contribution in [0.2, 0.25) is 0 Å². The molecule has 2 N–H and O–H groups in total. The lowest BCUT2D eigenvalue weighted by Gasteiger charge is -2.40. The zero-order valence-corrected chi connectivity index (χ0v) is 9.12. The van der Waals surface area contributed by atoms with Crippen LogP contribution < -0.4 is 5.73 Å². The Labute approximate surface area is 80.5 Å². The molecular formula is C10H21NS. The van der Waals surface area contributed by atoms with Crippen molar-refractivity contribution in [2.45, 2.75) is 33.1 Å². The predicted octanol–water partition coefficient (Wildman–Crippen LogP) is 2.50. The molecule has 1 nitrogen and oxygen atoms in total. The van der Waals surface area contributed by atoms with Crippen molar-refractivity contribution in [2.24, 2.45) is 17.1 Å². The van der Waals surface area contributed by atoms with Gasteiger partial charge in [-0.15, -0.1) is 0 Å². The minimum absolute atomic E-state index is 0.470. The molecule has 0 aromatic rings. The Morgan fingerprint density at radius 2 is 2.33 bits per heavy atom. The van der Waals surface area contributed by atoms with Crippen molar-refractivity contribution in [3.05, 3.63) is 0 Å². The molecule has 2 atom stereocenters. The fraction of sp³-hybridized carbons (Fsp3) is 1.00. The third-order valence-corrected chi connectivity index (χ3v) is 4.77. The lowest BCUT2D eigenvalue weighted by atomic mass is 9.73. The average Bonchev–Trinajstić information content (AvgIpc) is 2.17. The Morgan fingerprint density at radius 1 is 1.58 bits per heavy atom. The van der Waals surface area contributed by atoms with Gasteiger partial charge in [-0.05, 0) is 36.5 Å². The van der Waals surface area contributed by atoms with Crippen LogP contribution in [0, 0.1) is 11.3 Å². The van der Waals surface area contributed by atoms with Gasteiger partial charge in [0.1, 0.15) is 0 Å². The Kier molecular flexibility index (Phi) is 3.91. The second kappa shape index (κ2) is 4.52. The van der Waals surface area contributed by atoms with E-state index < -0.39 is 0 Å². The minimum Gasteiger partial charge on any atom is -0.330 e. The third-order valence-electron chi connectivity index (χ3n) is 3.42. The van der Waals surface area contributed by atoms with Crippen LogP contribution >= 0.6 is 11.8 Å². The van der Waals surface area contributed by atoms with Crippen LogP contribution in [-0.4, -0.2) is 18.1 Å². The molecule has 0 aliphatic carbocycles. The highest BCUT2D eigenvalue weighted by Gasteiger charge is 2.35. The van der Waals surface area contributed by atoms with E-state index in [1.165, 1.54) is 30.8 Å². The summed E-state index contributed by atoms with van der Waals surface area (Å²) in [5.74, 6) is 3.44. The lowest BCUT2D eigenvalue weighted by Crippen LogP contribution is -2.41. The van der Waals surface area contributed by atoms with Gasteiger partial charge in [-0.2, -0.15) is 11.8 Å². The smallest absolute Gasteiger partial charge is 0.000383 e. The van der Waals surface area contributed by atoms with E-state index in [9.17, 15) is 0 Å². The molecule has 2 unspecified atom stereocenters. The van der Waals surface area contributed by atoms with Crippen LogP contribution in [0.5, 0.6) is 0 Å². The first kappa shape index (κ1) is 10.4. The summed E-state index contributed by atoms with van der Waals surface area (Å²) in [6.45, 7) is 5.52. The number of nitrogens with two attached hydrogens (primary N) is 1. The predicted molar refractivity (Wildman–Crippen MR) is 57.5 cm³/mol. The van der Waals surface area contributed by atoms with Crippen LogP contribution in [0.1, 0.15) is 33.1 Å². The van der Waals surface area contributed by atoms with Crippen LogP contribution in [0.25, 0.3) is 0 Å². The van der Waals surface area contributed by atoms with Gasteiger partial charge in [0.15, 0.2) is 0 Å².